The van der Waals surface area contributed by atoms with E-state index in [9.17, 15) is 14.9 Å². The fraction of sp³-hybridized carbons (Fsp3) is 0.588. The monoisotopic (exact) mass is 307 g/mol. The second kappa shape index (κ2) is 10.8. The third kappa shape index (κ3) is 7.20. The first-order valence-electron chi connectivity index (χ1n) is 8.03. The molecule has 122 valence electrons. The van der Waals surface area contributed by atoms with Gasteiger partial charge in [-0.05, 0) is 12.5 Å². The highest BCUT2D eigenvalue weighted by Crippen LogP contribution is 2.18. The van der Waals surface area contributed by atoms with Gasteiger partial charge in [0.25, 0.3) is 5.69 Å². The largest absolute Gasteiger partial charge is 0.461 e. The van der Waals surface area contributed by atoms with E-state index in [1.807, 2.05) is 0 Å². The molecule has 0 saturated carbocycles. The number of hydrogen-bond donors (Lipinski definition) is 0. The maximum Gasteiger partial charge on any atom is 0.306 e. The highest BCUT2D eigenvalue weighted by Gasteiger charge is 2.13. The summed E-state index contributed by atoms with van der Waals surface area (Å²) in [5.41, 5.74) is 0.423. The molecule has 0 N–H and O–H groups in total. The van der Waals surface area contributed by atoms with E-state index < -0.39 is 4.92 Å². The van der Waals surface area contributed by atoms with Gasteiger partial charge in [0.15, 0.2) is 0 Å². The van der Waals surface area contributed by atoms with E-state index in [0.717, 1.165) is 19.3 Å². The van der Waals surface area contributed by atoms with Gasteiger partial charge in [-0.3, -0.25) is 14.9 Å². The molecule has 0 amide bonds. The Morgan fingerprint density at radius 2 is 1.73 bits per heavy atom. The molecule has 0 bridgehead atoms. The minimum Gasteiger partial charge on any atom is -0.461 e. The zero-order chi connectivity index (χ0) is 16.2. The molecular weight excluding hydrogens is 282 g/mol. The Balaban J connectivity index is 2.20. The number of carbonyl (C=O) groups excluding carboxylic acids is 1. The number of benzene rings is 1. The van der Waals surface area contributed by atoms with E-state index in [1.54, 1.807) is 18.2 Å². The number of nitro groups is 1. The van der Waals surface area contributed by atoms with Crippen molar-refractivity contribution in [3.8, 4) is 0 Å². The Labute approximate surface area is 131 Å². The topological polar surface area (TPSA) is 69.4 Å². The summed E-state index contributed by atoms with van der Waals surface area (Å²) < 4.78 is 5.12. The first-order chi connectivity index (χ1) is 10.6. The fourth-order valence-corrected chi connectivity index (χ4v) is 2.27. The van der Waals surface area contributed by atoms with E-state index in [-0.39, 0.29) is 18.3 Å². The second-order valence-electron chi connectivity index (χ2n) is 5.42. The van der Waals surface area contributed by atoms with Crippen LogP contribution in [0.25, 0.3) is 0 Å². The number of unbranched alkanes of at least 4 members (excludes halogenated alkanes) is 6. The molecule has 22 heavy (non-hydrogen) atoms. The molecule has 0 heterocycles. The number of para-hydroxylation sites is 1. The maximum absolute atomic E-state index is 11.6. The van der Waals surface area contributed by atoms with Crippen molar-refractivity contribution in [2.24, 2.45) is 0 Å². The van der Waals surface area contributed by atoms with Crippen LogP contribution in [0.4, 0.5) is 5.69 Å². The summed E-state index contributed by atoms with van der Waals surface area (Å²) in [4.78, 5) is 22.0. The van der Waals surface area contributed by atoms with Gasteiger partial charge in [0.1, 0.15) is 6.61 Å². The third-order valence-electron chi connectivity index (χ3n) is 3.56. The van der Waals surface area contributed by atoms with Crippen LogP contribution in [0, 0.1) is 10.1 Å². The fourth-order valence-electron chi connectivity index (χ4n) is 2.27. The van der Waals surface area contributed by atoms with Gasteiger partial charge in [-0.2, -0.15) is 0 Å². The van der Waals surface area contributed by atoms with Crippen LogP contribution in [0.2, 0.25) is 0 Å². The summed E-state index contributed by atoms with van der Waals surface area (Å²) in [6.07, 6.45) is 8.38. The van der Waals surface area contributed by atoms with Crippen LogP contribution in [0.5, 0.6) is 0 Å². The first kappa shape index (κ1) is 18.1. The molecule has 1 rings (SSSR count). The zero-order valence-corrected chi connectivity index (χ0v) is 13.3. The number of hydrogen-bond acceptors (Lipinski definition) is 4. The van der Waals surface area contributed by atoms with E-state index in [2.05, 4.69) is 6.92 Å². The summed E-state index contributed by atoms with van der Waals surface area (Å²) in [6.45, 7) is 2.15. The minimum atomic E-state index is -0.459. The van der Waals surface area contributed by atoms with Crippen molar-refractivity contribution in [3.63, 3.8) is 0 Å². The Bertz CT molecular complexity index is 473. The molecule has 0 spiro atoms. The number of rotatable bonds is 11. The summed E-state index contributed by atoms with van der Waals surface area (Å²) in [6, 6.07) is 6.33. The molecule has 0 aliphatic rings. The van der Waals surface area contributed by atoms with Gasteiger partial charge >= 0.3 is 5.97 Å². The molecule has 0 unspecified atom stereocenters. The molecule has 0 radical (unpaired) electrons. The smallest absolute Gasteiger partial charge is 0.306 e. The number of ether oxygens (including phenoxy) is 1. The number of nitrogens with zero attached hydrogens (tertiary/aromatic N) is 1. The van der Waals surface area contributed by atoms with Gasteiger partial charge in [-0.15, -0.1) is 0 Å². The van der Waals surface area contributed by atoms with Gasteiger partial charge in [0.2, 0.25) is 0 Å². The van der Waals surface area contributed by atoms with Crippen LogP contribution < -0.4 is 0 Å². The van der Waals surface area contributed by atoms with Gasteiger partial charge in [-0.25, -0.2) is 0 Å². The number of nitro benzene ring substituents is 1. The normalized spacial score (nSPS) is 10.4. The highest BCUT2D eigenvalue weighted by atomic mass is 16.6. The molecule has 0 saturated heterocycles. The molecule has 5 heteroatoms. The average Bonchev–Trinajstić information content (AvgIpc) is 2.52. The van der Waals surface area contributed by atoms with E-state index in [4.69, 9.17) is 4.74 Å². The molecule has 1 aromatic carbocycles. The van der Waals surface area contributed by atoms with Crippen LogP contribution >= 0.6 is 0 Å². The average molecular weight is 307 g/mol. The summed E-state index contributed by atoms with van der Waals surface area (Å²) >= 11 is 0. The van der Waals surface area contributed by atoms with Crippen molar-refractivity contribution in [2.45, 2.75) is 64.9 Å². The Hall–Kier alpha value is -1.91. The number of carbonyl (C=O) groups is 1. The predicted octanol–water partition coefficient (Wildman–Crippen LogP) is 4.78. The van der Waals surface area contributed by atoms with Crippen molar-refractivity contribution < 1.29 is 14.5 Å². The van der Waals surface area contributed by atoms with Crippen molar-refractivity contribution >= 4 is 11.7 Å². The first-order valence-corrected chi connectivity index (χ1v) is 8.03. The van der Waals surface area contributed by atoms with Crippen LogP contribution in [0.15, 0.2) is 24.3 Å². The quantitative estimate of drug-likeness (QED) is 0.255. The summed E-state index contributed by atoms with van der Waals surface area (Å²) in [7, 11) is 0. The van der Waals surface area contributed by atoms with E-state index >= 15 is 0 Å². The lowest BCUT2D eigenvalue weighted by atomic mass is 10.1. The Morgan fingerprint density at radius 1 is 1.09 bits per heavy atom. The number of esters is 1. The van der Waals surface area contributed by atoms with E-state index in [0.29, 0.717) is 12.0 Å². The standard InChI is InChI=1S/C17H25NO4/c1-2-3-4-5-6-7-8-13-17(19)22-14-15-11-9-10-12-16(15)18(20)21/h9-12H,2-8,13-14H2,1H3. The Morgan fingerprint density at radius 3 is 2.41 bits per heavy atom. The van der Waals surface area contributed by atoms with Crippen molar-refractivity contribution in [1.82, 2.24) is 0 Å². The molecular formula is C17H25NO4. The molecule has 1 aromatic rings. The third-order valence-corrected chi connectivity index (χ3v) is 3.56. The zero-order valence-electron chi connectivity index (χ0n) is 13.3. The molecule has 0 atom stereocenters. The molecule has 5 nitrogen and oxygen atoms in total. The molecule has 0 fully saturated rings. The molecule has 0 aromatic heterocycles. The Kier molecular flexibility index (Phi) is 8.88. The SMILES string of the molecule is CCCCCCCCCC(=O)OCc1ccccc1[N+](=O)[O-]. The van der Waals surface area contributed by atoms with Crippen molar-refractivity contribution in [2.75, 3.05) is 0 Å². The van der Waals surface area contributed by atoms with Crippen LogP contribution in [-0.2, 0) is 16.1 Å². The van der Waals surface area contributed by atoms with Crippen molar-refractivity contribution in [1.29, 1.82) is 0 Å². The lowest BCUT2D eigenvalue weighted by Gasteiger charge is -2.05. The van der Waals surface area contributed by atoms with Crippen molar-refractivity contribution in [3.05, 3.63) is 39.9 Å². The van der Waals surface area contributed by atoms with Crippen LogP contribution in [0.1, 0.15) is 63.9 Å². The van der Waals surface area contributed by atoms with Crippen LogP contribution in [-0.4, -0.2) is 10.9 Å². The second-order valence-corrected chi connectivity index (χ2v) is 5.42. The molecule has 0 aliphatic carbocycles. The lowest BCUT2D eigenvalue weighted by molar-refractivity contribution is -0.385. The van der Waals surface area contributed by atoms with Gasteiger partial charge in [-0.1, -0.05) is 57.6 Å². The highest BCUT2D eigenvalue weighted by molar-refractivity contribution is 5.69. The van der Waals surface area contributed by atoms with Gasteiger partial charge in [0.05, 0.1) is 10.5 Å². The van der Waals surface area contributed by atoms with Gasteiger partial charge < -0.3 is 4.74 Å². The van der Waals surface area contributed by atoms with Gasteiger partial charge in [0, 0.05) is 12.5 Å². The predicted molar refractivity (Wildman–Crippen MR) is 85.5 cm³/mol. The van der Waals surface area contributed by atoms with Crippen LogP contribution in [0.3, 0.4) is 0 Å². The van der Waals surface area contributed by atoms with E-state index in [1.165, 1.54) is 31.7 Å². The lowest BCUT2D eigenvalue weighted by Crippen LogP contribution is -2.05. The summed E-state index contributed by atoms with van der Waals surface area (Å²) in [5.74, 6) is -0.285. The minimum absolute atomic E-state index is 0.00813. The molecule has 0 aliphatic heterocycles. The summed E-state index contributed by atoms with van der Waals surface area (Å²) in [5, 5.41) is 10.9. The maximum atomic E-state index is 11.6.